The number of pyridine rings is 1. The average Bonchev–Trinajstić information content (AvgIpc) is 2.63. The van der Waals surface area contributed by atoms with Crippen molar-refractivity contribution >= 4 is 28.7 Å². The van der Waals surface area contributed by atoms with E-state index >= 15 is 0 Å². The smallest absolute Gasteiger partial charge is 0.229 e. The Morgan fingerprint density at radius 2 is 2.09 bits per heavy atom. The van der Waals surface area contributed by atoms with Gasteiger partial charge in [0.15, 0.2) is 5.65 Å². The second kappa shape index (κ2) is 5.06. The molecule has 0 fully saturated rings. The SMILES string of the molecule is Cc1ccc2nc(NC(=O)CC(C)(C)O)n(C3=CC=C3)c2n1. The first-order valence-electron chi connectivity index (χ1n) is 7.10. The number of anilines is 1. The lowest BCUT2D eigenvalue weighted by Gasteiger charge is -2.17. The van der Waals surface area contributed by atoms with Crippen LogP contribution in [0.2, 0.25) is 0 Å². The van der Waals surface area contributed by atoms with Gasteiger partial charge in [-0.1, -0.05) is 6.08 Å². The molecular weight excluding hydrogens is 280 g/mol. The van der Waals surface area contributed by atoms with Crippen LogP contribution in [0.15, 0.2) is 30.4 Å². The van der Waals surface area contributed by atoms with Crippen molar-refractivity contribution in [3.63, 3.8) is 0 Å². The summed E-state index contributed by atoms with van der Waals surface area (Å²) in [5.41, 5.74) is 2.15. The van der Waals surface area contributed by atoms with Crippen molar-refractivity contribution in [1.82, 2.24) is 14.5 Å². The molecule has 0 radical (unpaired) electrons. The number of imidazole rings is 1. The maximum Gasteiger partial charge on any atom is 0.229 e. The van der Waals surface area contributed by atoms with E-state index in [0.717, 1.165) is 11.4 Å². The highest BCUT2D eigenvalue weighted by Crippen LogP contribution is 2.27. The fourth-order valence-corrected chi connectivity index (χ4v) is 2.27. The van der Waals surface area contributed by atoms with Crippen LogP contribution in [-0.2, 0) is 4.79 Å². The van der Waals surface area contributed by atoms with Gasteiger partial charge in [-0.05, 0) is 45.1 Å². The predicted octanol–water partition coefficient (Wildman–Crippen LogP) is 2.25. The van der Waals surface area contributed by atoms with E-state index in [1.54, 1.807) is 13.8 Å². The predicted molar refractivity (Wildman–Crippen MR) is 85.2 cm³/mol. The molecule has 0 aliphatic heterocycles. The van der Waals surface area contributed by atoms with Crippen molar-refractivity contribution in [2.75, 3.05) is 5.32 Å². The van der Waals surface area contributed by atoms with Crippen LogP contribution in [0, 0.1) is 6.92 Å². The zero-order valence-electron chi connectivity index (χ0n) is 12.8. The molecule has 1 aliphatic carbocycles. The lowest BCUT2D eigenvalue weighted by atomic mass is 10.1. The highest BCUT2D eigenvalue weighted by molar-refractivity contribution is 5.94. The van der Waals surface area contributed by atoms with Crippen molar-refractivity contribution < 1.29 is 9.90 Å². The Morgan fingerprint density at radius 3 is 2.68 bits per heavy atom. The number of aryl methyl sites for hydroxylation is 1. The number of rotatable bonds is 4. The molecule has 114 valence electrons. The molecule has 2 aromatic rings. The van der Waals surface area contributed by atoms with Gasteiger partial charge in [-0.2, -0.15) is 0 Å². The summed E-state index contributed by atoms with van der Waals surface area (Å²) in [5, 5.41) is 12.5. The van der Waals surface area contributed by atoms with Crippen LogP contribution in [0.3, 0.4) is 0 Å². The molecule has 1 aliphatic rings. The van der Waals surface area contributed by atoms with Crippen LogP contribution in [0.25, 0.3) is 16.9 Å². The Balaban J connectivity index is 2.00. The maximum absolute atomic E-state index is 12.1. The average molecular weight is 298 g/mol. The highest BCUT2D eigenvalue weighted by Gasteiger charge is 2.22. The lowest BCUT2D eigenvalue weighted by molar-refractivity contribution is -0.119. The number of allylic oxidation sites excluding steroid dienone is 4. The van der Waals surface area contributed by atoms with Gasteiger partial charge >= 0.3 is 0 Å². The number of nitrogens with zero attached hydrogens (tertiary/aromatic N) is 3. The van der Waals surface area contributed by atoms with E-state index < -0.39 is 5.60 Å². The monoisotopic (exact) mass is 298 g/mol. The summed E-state index contributed by atoms with van der Waals surface area (Å²) in [4.78, 5) is 21.0. The molecule has 0 bridgehead atoms. The summed E-state index contributed by atoms with van der Waals surface area (Å²) >= 11 is 0. The van der Waals surface area contributed by atoms with E-state index in [1.165, 1.54) is 0 Å². The maximum atomic E-state index is 12.1. The first kappa shape index (κ1) is 14.5. The topological polar surface area (TPSA) is 80.0 Å². The van der Waals surface area contributed by atoms with Gasteiger partial charge in [0.2, 0.25) is 11.9 Å². The Bertz CT molecular complexity index is 809. The summed E-state index contributed by atoms with van der Waals surface area (Å²) in [7, 11) is 0. The molecule has 22 heavy (non-hydrogen) atoms. The Morgan fingerprint density at radius 1 is 1.36 bits per heavy atom. The van der Waals surface area contributed by atoms with Crippen molar-refractivity contribution in [1.29, 1.82) is 0 Å². The number of hydrogen-bond donors (Lipinski definition) is 2. The van der Waals surface area contributed by atoms with Crippen LogP contribution in [0.1, 0.15) is 26.0 Å². The molecule has 2 N–H and O–H groups in total. The van der Waals surface area contributed by atoms with E-state index in [9.17, 15) is 9.90 Å². The Labute approximate surface area is 128 Å². The molecule has 6 heteroatoms. The quantitative estimate of drug-likeness (QED) is 0.907. The number of aliphatic hydroxyl groups is 1. The Hall–Kier alpha value is -2.47. The van der Waals surface area contributed by atoms with Gasteiger partial charge in [0.25, 0.3) is 0 Å². The Kier molecular flexibility index (Phi) is 3.33. The first-order valence-corrected chi connectivity index (χ1v) is 7.10. The van der Waals surface area contributed by atoms with E-state index in [0.29, 0.717) is 17.1 Å². The summed E-state index contributed by atoms with van der Waals surface area (Å²) in [6.07, 6.45) is 5.77. The molecule has 0 aromatic carbocycles. The summed E-state index contributed by atoms with van der Waals surface area (Å²) in [5.74, 6) is 0.127. The van der Waals surface area contributed by atoms with E-state index in [4.69, 9.17) is 0 Å². The third-order valence-corrected chi connectivity index (χ3v) is 3.28. The third-order valence-electron chi connectivity index (χ3n) is 3.28. The fraction of sp³-hybridized carbons (Fsp3) is 0.312. The standard InChI is InChI=1S/C16H18N4O2/c1-10-7-8-12-14(17-10)20(11-5-4-6-11)15(18-12)19-13(21)9-16(2,3)22/h4-8,22H,9H2,1-3H3,(H,18,19,21). The van der Waals surface area contributed by atoms with Crippen molar-refractivity contribution in [2.45, 2.75) is 32.8 Å². The van der Waals surface area contributed by atoms with Crippen LogP contribution in [0.5, 0.6) is 0 Å². The van der Waals surface area contributed by atoms with Gasteiger partial charge in [0.1, 0.15) is 5.52 Å². The molecule has 6 nitrogen and oxygen atoms in total. The molecule has 1 amide bonds. The molecule has 0 unspecified atom stereocenters. The largest absolute Gasteiger partial charge is 0.390 e. The third kappa shape index (κ3) is 2.78. The van der Waals surface area contributed by atoms with Gasteiger partial charge in [-0.15, -0.1) is 0 Å². The molecule has 0 spiro atoms. The zero-order chi connectivity index (χ0) is 15.9. The number of carbonyl (C=O) groups is 1. The lowest BCUT2D eigenvalue weighted by Crippen LogP contribution is -2.28. The molecule has 0 saturated heterocycles. The fourth-order valence-electron chi connectivity index (χ4n) is 2.27. The summed E-state index contributed by atoms with van der Waals surface area (Å²) in [6.45, 7) is 5.10. The minimum atomic E-state index is -1.06. The number of aromatic nitrogens is 3. The molecule has 2 heterocycles. The van der Waals surface area contributed by atoms with Gasteiger partial charge in [0.05, 0.1) is 17.7 Å². The highest BCUT2D eigenvalue weighted by atomic mass is 16.3. The summed E-state index contributed by atoms with van der Waals surface area (Å²) < 4.78 is 1.81. The second-order valence-electron chi connectivity index (χ2n) is 6.05. The normalized spacial score (nSPS) is 13.9. The number of carbonyl (C=O) groups excluding carboxylic acids is 1. The van der Waals surface area contributed by atoms with Gasteiger partial charge < -0.3 is 5.11 Å². The number of hydrogen-bond acceptors (Lipinski definition) is 4. The molecule has 0 atom stereocenters. The van der Waals surface area contributed by atoms with Crippen molar-refractivity contribution in [3.8, 4) is 0 Å². The zero-order valence-corrected chi connectivity index (χ0v) is 12.8. The van der Waals surface area contributed by atoms with Crippen LogP contribution in [0.4, 0.5) is 5.95 Å². The molecule has 3 rings (SSSR count). The minimum absolute atomic E-state index is 0.00243. The molecule has 2 aromatic heterocycles. The van der Waals surface area contributed by atoms with E-state index in [1.807, 2.05) is 41.9 Å². The summed E-state index contributed by atoms with van der Waals surface area (Å²) in [6, 6.07) is 3.76. The molecular formula is C16H18N4O2. The number of fused-ring (bicyclic) bond motifs is 1. The van der Waals surface area contributed by atoms with Crippen molar-refractivity contribution in [2.24, 2.45) is 0 Å². The van der Waals surface area contributed by atoms with E-state index in [2.05, 4.69) is 15.3 Å². The minimum Gasteiger partial charge on any atom is -0.390 e. The number of nitrogens with one attached hydrogen (secondary N) is 1. The number of amides is 1. The van der Waals surface area contributed by atoms with Gasteiger partial charge in [-0.3, -0.25) is 14.7 Å². The second-order valence-corrected chi connectivity index (χ2v) is 6.05. The molecule has 0 saturated carbocycles. The van der Waals surface area contributed by atoms with Crippen LogP contribution >= 0.6 is 0 Å². The van der Waals surface area contributed by atoms with Crippen LogP contribution in [-0.4, -0.2) is 31.1 Å². The first-order chi connectivity index (χ1) is 10.3. The van der Waals surface area contributed by atoms with E-state index in [-0.39, 0.29) is 12.3 Å². The van der Waals surface area contributed by atoms with Gasteiger partial charge in [0, 0.05) is 5.69 Å². The van der Waals surface area contributed by atoms with Crippen molar-refractivity contribution in [3.05, 3.63) is 36.1 Å². The van der Waals surface area contributed by atoms with Crippen LogP contribution < -0.4 is 5.32 Å². The van der Waals surface area contributed by atoms with Gasteiger partial charge in [-0.25, -0.2) is 9.97 Å².